The minimum atomic E-state index is -0.0981. The van der Waals surface area contributed by atoms with Crippen LogP contribution in [-0.4, -0.2) is 12.5 Å². The van der Waals surface area contributed by atoms with Gasteiger partial charge in [0.15, 0.2) is 0 Å². The van der Waals surface area contributed by atoms with Crippen molar-refractivity contribution in [1.29, 1.82) is 5.26 Å². The van der Waals surface area contributed by atoms with Crippen LogP contribution < -0.4 is 5.32 Å². The maximum Gasteiger partial charge on any atom is 0.221 e. The maximum absolute atomic E-state index is 11.2. The first-order valence-corrected chi connectivity index (χ1v) is 5.77. The predicted molar refractivity (Wildman–Crippen MR) is 70.4 cm³/mol. The van der Waals surface area contributed by atoms with E-state index in [1.165, 1.54) is 0 Å². The molecule has 4 heteroatoms. The van der Waals surface area contributed by atoms with E-state index < -0.39 is 0 Å². The minimum absolute atomic E-state index is 0.0981. The Kier molecular flexibility index (Phi) is 8.81. The molecular formula is C13H17ClN2O. The van der Waals surface area contributed by atoms with Crippen LogP contribution in [0.25, 0.3) is 0 Å². The lowest BCUT2D eigenvalue weighted by molar-refractivity contribution is -0.120. The van der Waals surface area contributed by atoms with Crippen LogP contribution in [0.4, 0.5) is 0 Å². The Labute approximate surface area is 107 Å². The molecule has 0 spiro atoms. The molecule has 1 N–H and O–H groups in total. The summed E-state index contributed by atoms with van der Waals surface area (Å²) in [6, 6.07) is 1.93. The van der Waals surface area contributed by atoms with Crippen molar-refractivity contribution < 1.29 is 4.79 Å². The molecule has 0 radical (unpaired) electrons. The number of nitrogens with zero attached hydrogens (tertiary/aromatic N) is 1. The van der Waals surface area contributed by atoms with Crippen molar-refractivity contribution in [1.82, 2.24) is 5.32 Å². The van der Waals surface area contributed by atoms with Crippen molar-refractivity contribution in [3.63, 3.8) is 0 Å². The third-order valence-electron chi connectivity index (χ3n) is 1.99. The van der Waals surface area contributed by atoms with E-state index in [9.17, 15) is 4.79 Å². The zero-order valence-corrected chi connectivity index (χ0v) is 10.8. The first-order valence-electron chi connectivity index (χ1n) is 5.39. The van der Waals surface area contributed by atoms with Crippen LogP contribution >= 0.6 is 11.6 Å². The third-order valence-corrected chi connectivity index (χ3v) is 2.11. The lowest BCUT2D eigenvalue weighted by Crippen LogP contribution is -2.24. The summed E-state index contributed by atoms with van der Waals surface area (Å²) in [6.07, 6.45) is 6.60. The first kappa shape index (κ1) is 15.5. The van der Waals surface area contributed by atoms with Gasteiger partial charge in [-0.15, -0.1) is 0 Å². The summed E-state index contributed by atoms with van der Waals surface area (Å²) < 4.78 is 0. The molecule has 0 bridgehead atoms. The Morgan fingerprint density at radius 1 is 1.47 bits per heavy atom. The van der Waals surface area contributed by atoms with E-state index in [-0.39, 0.29) is 18.7 Å². The number of rotatable bonds is 7. The third kappa shape index (κ3) is 9.40. The second-order valence-electron chi connectivity index (χ2n) is 3.46. The second kappa shape index (κ2) is 9.68. The molecule has 0 aromatic heterocycles. The summed E-state index contributed by atoms with van der Waals surface area (Å²) >= 11 is 5.70. The number of allylic oxidation sites excluding steroid dienone is 4. The molecule has 0 aliphatic heterocycles. The SMILES string of the molecule is C=C/C(=C\C=C(/C)Cl)CCNC(=O)CCC#N. The molecule has 0 rings (SSSR count). The van der Waals surface area contributed by atoms with Gasteiger partial charge in [-0.3, -0.25) is 4.79 Å². The summed E-state index contributed by atoms with van der Waals surface area (Å²) in [5.74, 6) is -0.0981. The lowest BCUT2D eigenvalue weighted by Gasteiger charge is -2.04. The Balaban J connectivity index is 3.97. The van der Waals surface area contributed by atoms with E-state index in [1.54, 1.807) is 19.1 Å². The molecule has 0 atom stereocenters. The van der Waals surface area contributed by atoms with E-state index in [0.717, 1.165) is 5.57 Å². The van der Waals surface area contributed by atoms with Crippen LogP contribution in [0.2, 0.25) is 0 Å². The zero-order chi connectivity index (χ0) is 13.1. The number of hydrogen-bond acceptors (Lipinski definition) is 2. The highest BCUT2D eigenvalue weighted by atomic mass is 35.5. The number of hydrogen-bond donors (Lipinski definition) is 1. The quantitative estimate of drug-likeness (QED) is 0.708. The predicted octanol–water partition coefficient (Wildman–Crippen LogP) is 3.05. The van der Waals surface area contributed by atoms with Crippen molar-refractivity contribution in [3.8, 4) is 6.07 Å². The Morgan fingerprint density at radius 3 is 2.71 bits per heavy atom. The average molecular weight is 253 g/mol. The highest BCUT2D eigenvalue weighted by molar-refractivity contribution is 6.29. The molecule has 1 amide bonds. The van der Waals surface area contributed by atoms with Crippen molar-refractivity contribution in [3.05, 3.63) is 35.4 Å². The average Bonchev–Trinajstić information content (AvgIpc) is 2.30. The van der Waals surface area contributed by atoms with Crippen LogP contribution in [0.1, 0.15) is 26.2 Å². The van der Waals surface area contributed by atoms with Gasteiger partial charge < -0.3 is 5.32 Å². The van der Waals surface area contributed by atoms with Crippen LogP contribution in [0.5, 0.6) is 0 Å². The summed E-state index contributed by atoms with van der Waals surface area (Å²) in [6.45, 7) is 6.02. The molecule has 0 fully saturated rings. The van der Waals surface area contributed by atoms with Gasteiger partial charge in [0.2, 0.25) is 5.91 Å². The molecule has 0 aromatic rings. The number of nitriles is 1. The fraction of sp³-hybridized carbons (Fsp3) is 0.385. The van der Waals surface area contributed by atoms with Crippen molar-refractivity contribution in [2.24, 2.45) is 0 Å². The fourth-order valence-corrected chi connectivity index (χ4v) is 1.14. The van der Waals surface area contributed by atoms with Gasteiger partial charge in [0.1, 0.15) is 0 Å². The Morgan fingerprint density at radius 2 is 2.18 bits per heavy atom. The molecule has 0 unspecified atom stereocenters. The summed E-state index contributed by atoms with van der Waals surface area (Å²) in [4.78, 5) is 11.2. The van der Waals surface area contributed by atoms with Gasteiger partial charge in [0.25, 0.3) is 0 Å². The number of halogens is 1. The van der Waals surface area contributed by atoms with Crippen LogP contribution in [0.3, 0.4) is 0 Å². The molecule has 0 aromatic carbocycles. The van der Waals surface area contributed by atoms with Gasteiger partial charge in [-0.1, -0.05) is 30.3 Å². The lowest BCUT2D eigenvalue weighted by atomic mass is 10.1. The summed E-state index contributed by atoms with van der Waals surface area (Å²) in [5.41, 5.74) is 1.01. The molecule has 92 valence electrons. The van der Waals surface area contributed by atoms with E-state index in [4.69, 9.17) is 16.9 Å². The standard InChI is InChI=1S/C13H17ClN2O/c1-3-12(7-6-11(2)14)8-10-16-13(17)5-4-9-15/h3,6-7H,1,4-5,8,10H2,2H3,(H,16,17)/b11-6+,12-7+. The van der Waals surface area contributed by atoms with Crippen molar-refractivity contribution >= 4 is 17.5 Å². The number of carbonyl (C=O) groups excluding carboxylic acids is 1. The minimum Gasteiger partial charge on any atom is -0.356 e. The molecule has 17 heavy (non-hydrogen) atoms. The van der Waals surface area contributed by atoms with Crippen molar-refractivity contribution in [2.45, 2.75) is 26.2 Å². The van der Waals surface area contributed by atoms with Gasteiger partial charge in [-0.05, 0) is 25.0 Å². The Bertz CT molecular complexity index is 360. The van der Waals surface area contributed by atoms with Gasteiger partial charge in [-0.25, -0.2) is 0 Å². The van der Waals surface area contributed by atoms with Gasteiger partial charge in [-0.2, -0.15) is 5.26 Å². The Hall–Kier alpha value is -1.53. The molecule has 0 aliphatic carbocycles. The molecule has 0 saturated heterocycles. The monoisotopic (exact) mass is 252 g/mol. The van der Waals surface area contributed by atoms with Gasteiger partial charge in [0, 0.05) is 24.4 Å². The van der Waals surface area contributed by atoms with E-state index in [1.807, 2.05) is 12.1 Å². The normalized spacial score (nSPS) is 11.8. The molecule has 3 nitrogen and oxygen atoms in total. The fourth-order valence-electron chi connectivity index (χ4n) is 1.08. The highest BCUT2D eigenvalue weighted by Crippen LogP contribution is 2.05. The van der Waals surface area contributed by atoms with E-state index >= 15 is 0 Å². The number of nitrogens with one attached hydrogen (secondary N) is 1. The highest BCUT2D eigenvalue weighted by Gasteiger charge is 1.99. The smallest absolute Gasteiger partial charge is 0.221 e. The van der Waals surface area contributed by atoms with Crippen molar-refractivity contribution in [2.75, 3.05) is 6.54 Å². The largest absolute Gasteiger partial charge is 0.356 e. The zero-order valence-electron chi connectivity index (χ0n) is 10.0. The van der Waals surface area contributed by atoms with Gasteiger partial charge >= 0.3 is 0 Å². The number of carbonyl (C=O) groups is 1. The molecule has 0 saturated carbocycles. The van der Waals surface area contributed by atoms with Crippen LogP contribution in [0.15, 0.2) is 35.4 Å². The van der Waals surface area contributed by atoms with Gasteiger partial charge in [0.05, 0.1) is 6.07 Å². The molecule has 0 aliphatic rings. The summed E-state index contributed by atoms with van der Waals surface area (Å²) in [7, 11) is 0. The maximum atomic E-state index is 11.2. The van der Waals surface area contributed by atoms with Crippen LogP contribution in [0, 0.1) is 11.3 Å². The molecule has 0 heterocycles. The molecular weight excluding hydrogens is 236 g/mol. The van der Waals surface area contributed by atoms with E-state index in [0.29, 0.717) is 18.0 Å². The van der Waals surface area contributed by atoms with Crippen LogP contribution in [-0.2, 0) is 4.79 Å². The topological polar surface area (TPSA) is 52.9 Å². The first-order chi connectivity index (χ1) is 8.10. The summed E-state index contributed by atoms with van der Waals surface area (Å²) in [5, 5.41) is 11.8. The van der Waals surface area contributed by atoms with E-state index in [2.05, 4.69) is 11.9 Å². The second-order valence-corrected chi connectivity index (χ2v) is 4.05. The number of amides is 1.